The second kappa shape index (κ2) is 14.4. The fourth-order valence-corrected chi connectivity index (χ4v) is 6.13. The molecule has 0 fully saturated rings. The van der Waals surface area contributed by atoms with Crippen LogP contribution in [0.4, 0.5) is 5.69 Å². The van der Waals surface area contributed by atoms with Gasteiger partial charge in [-0.1, -0.05) is 67.4 Å². The van der Waals surface area contributed by atoms with E-state index in [4.69, 9.17) is 4.74 Å². The lowest BCUT2D eigenvalue weighted by molar-refractivity contribution is -0.140. The topological polar surface area (TPSA) is 96.0 Å². The summed E-state index contributed by atoms with van der Waals surface area (Å²) in [5.74, 6) is -0.452. The molecule has 2 atom stereocenters. The van der Waals surface area contributed by atoms with Gasteiger partial charge in [0.05, 0.1) is 17.7 Å². The van der Waals surface area contributed by atoms with Crippen molar-refractivity contribution in [2.45, 2.75) is 77.9 Å². The molecule has 0 spiro atoms. The van der Waals surface area contributed by atoms with Gasteiger partial charge in [0.15, 0.2) is 0 Å². The number of hydrogen-bond acceptors (Lipinski definition) is 5. The molecule has 8 nitrogen and oxygen atoms in total. The van der Waals surface area contributed by atoms with Crippen molar-refractivity contribution in [2.75, 3.05) is 18.0 Å². The van der Waals surface area contributed by atoms with E-state index in [1.165, 1.54) is 24.1 Å². The molecule has 2 amide bonds. The van der Waals surface area contributed by atoms with Crippen molar-refractivity contribution >= 4 is 27.5 Å². The van der Waals surface area contributed by atoms with Gasteiger partial charge in [0.25, 0.3) is 10.0 Å². The Hall–Kier alpha value is -3.85. The molecule has 0 aromatic heterocycles. The number of aryl methyl sites for hydroxylation is 3. The molecule has 42 heavy (non-hydrogen) atoms. The van der Waals surface area contributed by atoms with E-state index in [2.05, 4.69) is 5.32 Å². The number of anilines is 1. The summed E-state index contributed by atoms with van der Waals surface area (Å²) in [5, 5.41) is 3.00. The number of ether oxygens (including phenoxy) is 1. The lowest BCUT2D eigenvalue weighted by Crippen LogP contribution is -2.53. The molecule has 3 aromatic carbocycles. The number of nitrogens with one attached hydrogen (secondary N) is 1. The molecule has 3 aromatic rings. The van der Waals surface area contributed by atoms with E-state index in [0.29, 0.717) is 12.2 Å². The Balaban J connectivity index is 2.13. The summed E-state index contributed by atoms with van der Waals surface area (Å²) in [4.78, 5) is 29.3. The first kappa shape index (κ1) is 32.7. The third kappa shape index (κ3) is 7.91. The fraction of sp³-hybridized carbons (Fsp3) is 0.394. The Bertz CT molecular complexity index is 1490. The van der Waals surface area contributed by atoms with E-state index >= 15 is 0 Å². The minimum absolute atomic E-state index is 0.0521. The van der Waals surface area contributed by atoms with Crippen LogP contribution in [0, 0.1) is 20.8 Å². The molecule has 0 saturated carbocycles. The molecule has 0 aliphatic carbocycles. The van der Waals surface area contributed by atoms with Gasteiger partial charge in [0, 0.05) is 12.6 Å². The highest BCUT2D eigenvalue weighted by Gasteiger charge is 2.35. The standard InChI is InChI=1S/C33H43N3O5S/c1-8-26(6)34-33(38)29(9-2)35(21-27-12-10-11-24(4)19-27)32(37)22-36(30-20-25(5)15-18-31(30)41-7)42(39,40)28-16-13-23(3)14-17-28/h10-20,26,29H,8-9,21-22H2,1-7H3,(H,34,38)/t26-,29-/m0/s1. The first-order valence-electron chi connectivity index (χ1n) is 14.3. The highest BCUT2D eigenvalue weighted by Crippen LogP contribution is 2.34. The van der Waals surface area contributed by atoms with Crippen LogP contribution in [0.1, 0.15) is 55.9 Å². The van der Waals surface area contributed by atoms with Crippen LogP contribution in [0.25, 0.3) is 0 Å². The number of amides is 2. The molecule has 0 saturated heterocycles. The van der Waals surface area contributed by atoms with Gasteiger partial charge in [-0.25, -0.2) is 8.42 Å². The molecule has 0 radical (unpaired) electrons. The monoisotopic (exact) mass is 593 g/mol. The smallest absolute Gasteiger partial charge is 0.264 e. The number of sulfonamides is 1. The third-order valence-corrected chi connectivity index (χ3v) is 9.09. The van der Waals surface area contributed by atoms with Crippen molar-refractivity contribution in [3.8, 4) is 5.75 Å². The number of benzene rings is 3. The molecule has 0 unspecified atom stereocenters. The second-order valence-electron chi connectivity index (χ2n) is 10.8. The third-order valence-electron chi connectivity index (χ3n) is 7.31. The Morgan fingerprint density at radius 1 is 0.881 bits per heavy atom. The van der Waals surface area contributed by atoms with E-state index in [1.54, 1.807) is 24.3 Å². The lowest BCUT2D eigenvalue weighted by atomic mass is 10.1. The van der Waals surface area contributed by atoms with Gasteiger partial charge in [0.1, 0.15) is 18.3 Å². The molecule has 9 heteroatoms. The summed E-state index contributed by atoms with van der Waals surface area (Å²) in [6.45, 7) is 11.1. The predicted molar refractivity (Wildman–Crippen MR) is 167 cm³/mol. The zero-order valence-electron chi connectivity index (χ0n) is 25.7. The van der Waals surface area contributed by atoms with Gasteiger partial charge in [0.2, 0.25) is 11.8 Å². The summed E-state index contributed by atoms with van der Waals surface area (Å²) < 4.78 is 35.0. The second-order valence-corrected chi connectivity index (χ2v) is 12.6. The Morgan fingerprint density at radius 2 is 1.52 bits per heavy atom. The van der Waals surface area contributed by atoms with Gasteiger partial charge in [-0.3, -0.25) is 13.9 Å². The van der Waals surface area contributed by atoms with E-state index in [-0.39, 0.29) is 29.1 Å². The summed E-state index contributed by atoms with van der Waals surface area (Å²) in [6, 6.07) is 18.6. The van der Waals surface area contributed by atoms with Crippen LogP contribution in [0.3, 0.4) is 0 Å². The van der Waals surface area contributed by atoms with Crippen LogP contribution in [-0.2, 0) is 26.2 Å². The van der Waals surface area contributed by atoms with Crippen LogP contribution in [0.15, 0.2) is 71.6 Å². The number of carbonyl (C=O) groups is 2. The molecule has 0 bridgehead atoms. The number of rotatable bonds is 13. The van der Waals surface area contributed by atoms with E-state index < -0.39 is 28.5 Å². The van der Waals surface area contributed by atoms with Crippen LogP contribution in [0.2, 0.25) is 0 Å². The molecule has 0 aliphatic heterocycles. The Morgan fingerprint density at radius 3 is 2.12 bits per heavy atom. The molecular weight excluding hydrogens is 550 g/mol. The highest BCUT2D eigenvalue weighted by molar-refractivity contribution is 7.92. The van der Waals surface area contributed by atoms with Gasteiger partial charge < -0.3 is 15.0 Å². The number of nitrogens with zero attached hydrogens (tertiary/aromatic N) is 2. The predicted octanol–water partition coefficient (Wildman–Crippen LogP) is 5.54. The zero-order valence-corrected chi connectivity index (χ0v) is 26.5. The van der Waals surface area contributed by atoms with Crippen molar-refractivity contribution in [1.82, 2.24) is 10.2 Å². The maximum atomic E-state index is 14.3. The van der Waals surface area contributed by atoms with Crippen LogP contribution < -0.4 is 14.4 Å². The molecule has 0 heterocycles. The largest absolute Gasteiger partial charge is 0.495 e. The Labute approximate surface area is 250 Å². The molecule has 0 aliphatic rings. The number of hydrogen-bond donors (Lipinski definition) is 1. The number of carbonyl (C=O) groups excluding carboxylic acids is 2. The Kier molecular flexibility index (Phi) is 11.2. The minimum atomic E-state index is -4.20. The first-order valence-corrected chi connectivity index (χ1v) is 15.7. The maximum Gasteiger partial charge on any atom is 0.264 e. The van der Waals surface area contributed by atoms with Crippen molar-refractivity contribution in [3.63, 3.8) is 0 Å². The average Bonchev–Trinajstić information content (AvgIpc) is 2.95. The number of methoxy groups -OCH3 is 1. The lowest BCUT2D eigenvalue weighted by Gasteiger charge is -2.34. The van der Waals surface area contributed by atoms with E-state index in [9.17, 15) is 18.0 Å². The van der Waals surface area contributed by atoms with E-state index in [1.807, 2.05) is 71.9 Å². The van der Waals surface area contributed by atoms with Crippen molar-refractivity contribution in [1.29, 1.82) is 0 Å². The minimum Gasteiger partial charge on any atom is -0.495 e. The first-order chi connectivity index (χ1) is 19.9. The SMILES string of the molecule is CC[C@H](C)NC(=O)[C@H](CC)N(Cc1cccc(C)c1)C(=O)CN(c1cc(C)ccc1OC)S(=O)(=O)c1ccc(C)cc1. The van der Waals surface area contributed by atoms with Crippen LogP contribution in [-0.4, -0.2) is 50.9 Å². The molecule has 3 rings (SSSR count). The maximum absolute atomic E-state index is 14.3. The van der Waals surface area contributed by atoms with Crippen molar-refractivity contribution < 1.29 is 22.7 Å². The normalized spacial score (nSPS) is 12.7. The van der Waals surface area contributed by atoms with Crippen LogP contribution in [0.5, 0.6) is 5.75 Å². The summed E-state index contributed by atoms with van der Waals surface area (Å²) >= 11 is 0. The zero-order chi connectivity index (χ0) is 31.0. The fourth-order valence-electron chi connectivity index (χ4n) is 4.71. The van der Waals surface area contributed by atoms with Gasteiger partial charge in [-0.2, -0.15) is 0 Å². The van der Waals surface area contributed by atoms with Gasteiger partial charge in [-0.15, -0.1) is 0 Å². The summed E-state index contributed by atoms with van der Waals surface area (Å²) in [7, 11) is -2.74. The molecular formula is C33H43N3O5S. The average molecular weight is 594 g/mol. The molecule has 1 N–H and O–H groups in total. The highest BCUT2D eigenvalue weighted by atomic mass is 32.2. The van der Waals surface area contributed by atoms with E-state index in [0.717, 1.165) is 33.0 Å². The summed E-state index contributed by atoms with van der Waals surface area (Å²) in [5.41, 5.74) is 3.83. The summed E-state index contributed by atoms with van der Waals surface area (Å²) in [6.07, 6.45) is 1.10. The van der Waals surface area contributed by atoms with Gasteiger partial charge in [-0.05, 0) is 75.9 Å². The van der Waals surface area contributed by atoms with Crippen molar-refractivity contribution in [3.05, 3.63) is 89.0 Å². The molecule has 226 valence electrons. The van der Waals surface area contributed by atoms with Crippen LogP contribution >= 0.6 is 0 Å². The van der Waals surface area contributed by atoms with Gasteiger partial charge >= 0.3 is 0 Å². The quantitative estimate of drug-likeness (QED) is 0.281. The van der Waals surface area contributed by atoms with Crippen molar-refractivity contribution in [2.24, 2.45) is 0 Å².